The van der Waals surface area contributed by atoms with E-state index in [1.165, 1.54) is 18.2 Å². The van der Waals surface area contributed by atoms with Crippen LogP contribution in [0.5, 0.6) is 0 Å². The van der Waals surface area contributed by atoms with Gasteiger partial charge in [0, 0.05) is 17.8 Å². The van der Waals surface area contributed by atoms with Gasteiger partial charge in [-0.3, -0.25) is 14.3 Å². The van der Waals surface area contributed by atoms with Crippen LogP contribution in [0.2, 0.25) is 5.02 Å². The smallest absolute Gasteiger partial charge is 0.263 e. The Hall–Kier alpha value is -4.14. The highest BCUT2D eigenvalue weighted by molar-refractivity contribution is 7.92. The second-order valence-electron chi connectivity index (χ2n) is 8.61. The first kappa shape index (κ1) is 26.9. The van der Waals surface area contributed by atoms with E-state index in [1.807, 2.05) is 43.3 Å². The van der Waals surface area contributed by atoms with Gasteiger partial charge in [-0.1, -0.05) is 66.2 Å². The first-order valence-corrected chi connectivity index (χ1v) is 13.7. The lowest BCUT2D eigenvalue weighted by atomic mass is 10.1. The zero-order chi connectivity index (χ0) is 27.1. The molecule has 2 amide bonds. The quantitative estimate of drug-likeness (QED) is 0.251. The van der Waals surface area contributed by atoms with Crippen LogP contribution in [0.3, 0.4) is 0 Å². The van der Waals surface area contributed by atoms with Gasteiger partial charge in [-0.25, -0.2) is 8.42 Å². The van der Waals surface area contributed by atoms with Crippen molar-refractivity contribution in [2.24, 2.45) is 0 Å². The number of para-hydroxylation sites is 1. The summed E-state index contributed by atoms with van der Waals surface area (Å²) >= 11 is 6.20. The minimum atomic E-state index is -4.07. The zero-order valence-corrected chi connectivity index (χ0v) is 22.1. The number of halogens is 1. The molecular weight excluding hydrogens is 522 g/mol. The summed E-state index contributed by atoms with van der Waals surface area (Å²) in [4.78, 5) is 25.7. The number of amides is 2. The normalized spacial score (nSPS) is 11.0. The Morgan fingerprint density at radius 3 is 2.32 bits per heavy atom. The van der Waals surface area contributed by atoms with Crippen LogP contribution >= 0.6 is 11.6 Å². The Labute approximate surface area is 226 Å². The zero-order valence-electron chi connectivity index (χ0n) is 20.6. The van der Waals surface area contributed by atoms with Crippen molar-refractivity contribution in [2.45, 2.75) is 18.2 Å². The number of hydrogen-bond acceptors (Lipinski definition) is 4. The molecule has 0 saturated carbocycles. The van der Waals surface area contributed by atoms with Crippen LogP contribution in [0.4, 0.5) is 11.4 Å². The van der Waals surface area contributed by atoms with Gasteiger partial charge in [0.1, 0.15) is 4.90 Å². The molecule has 4 aromatic carbocycles. The molecule has 4 rings (SSSR count). The van der Waals surface area contributed by atoms with E-state index in [-0.39, 0.29) is 27.0 Å². The van der Waals surface area contributed by atoms with Crippen LogP contribution < -0.4 is 15.4 Å². The fourth-order valence-electron chi connectivity index (χ4n) is 3.81. The highest BCUT2D eigenvalue weighted by Gasteiger charge is 2.21. The summed E-state index contributed by atoms with van der Waals surface area (Å²) in [6, 6.07) is 27.2. The van der Waals surface area contributed by atoms with Crippen LogP contribution in [0.15, 0.2) is 102 Å². The van der Waals surface area contributed by atoms with Crippen molar-refractivity contribution in [3.8, 4) is 0 Å². The summed E-state index contributed by atoms with van der Waals surface area (Å²) in [6.45, 7) is 2.27. The van der Waals surface area contributed by atoms with Crippen molar-refractivity contribution in [3.63, 3.8) is 0 Å². The molecule has 0 fully saturated rings. The van der Waals surface area contributed by atoms with Crippen LogP contribution in [-0.4, -0.2) is 26.8 Å². The molecule has 3 N–H and O–H groups in total. The predicted molar refractivity (Wildman–Crippen MR) is 150 cm³/mol. The third-order valence-corrected chi connectivity index (χ3v) is 7.58. The lowest BCUT2D eigenvalue weighted by Gasteiger charge is -2.13. The average Bonchev–Trinajstić information content (AvgIpc) is 2.89. The third-order valence-electron chi connectivity index (χ3n) is 5.72. The van der Waals surface area contributed by atoms with Crippen molar-refractivity contribution in [2.75, 3.05) is 16.6 Å². The number of anilines is 2. The summed E-state index contributed by atoms with van der Waals surface area (Å²) in [5.41, 5.74) is 3.01. The fourth-order valence-corrected chi connectivity index (χ4v) is 5.39. The maximum absolute atomic E-state index is 13.1. The number of carbonyl (C=O) groups is 2. The molecule has 9 heteroatoms. The van der Waals surface area contributed by atoms with E-state index in [9.17, 15) is 18.0 Å². The lowest BCUT2D eigenvalue weighted by Crippen LogP contribution is -2.27. The van der Waals surface area contributed by atoms with Crippen molar-refractivity contribution >= 4 is 44.8 Å². The molecule has 38 heavy (non-hydrogen) atoms. The Morgan fingerprint density at radius 1 is 0.816 bits per heavy atom. The molecule has 0 radical (unpaired) electrons. The van der Waals surface area contributed by atoms with Crippen LogP contribution in [0.25, 0.3) is 0 Å². The molecule has 194 valence electrons. The molecule has 4 aromatic rings. The van der Waals surface area contributed by atoms with E-state index < -0.39 is 15.9 Å². The molecule has 7 nitrogen and oxygen atoms in total. The fraction of sp³-hybridized carbons (Fsp3) is 0.103. The summed E-state index contributed by atoms with van der Waals surface area (Å²) < 4.78 is 28.6. The molecule has 0 heterocycles. The molecule has 0 aliphatic rings. The second kappa shape index (κ2) is 11.9. The second-order valence-corrected chi connectivity index (χ2v) is 10.7. The molecule has 0 spiro atoms. The molecule has 0 aliphatic heterocycles. The third kappa shape index (κ3) is 6.79. The summed E-state index contributed by atoms with van der Waals surface area (Å²) in [5, 5.41) is 5.55. The van der Waals surface area contributed by atoms with Gasteiger partial charge in [-0.05, 0) is 66.9 Å². The highest BCUT2D eigenvalue weighted by atomic mass is 35.5. The summed E-state index contributed by atoms with van der Waals surface area (Å²) in [7, 11) is -4.07. The SMILES string of the molecule is Cc1cccc(NS(=O)(=O)c2cc(C(=O)Nc3ccccc3C(=O)NCCc3ccccc3)ccc2Cl)c1. The van der Waals surface area contributed by atoms with Gasteiger partial charge >= 0.3 is 0 Å². The van der Waals surface area contributed by atoms with Gasteiger partial charge in [0.05, 0.1) is 16.3 Å². The summed E-state index contributed by atoms with van der Waals surface area (Å²) in [5.74, 6) is -0.920. The molecular formula is C29H26ClN3O4S. The monoisotopic (exact) mass is 547 g/mol. The van der Waals surface area contributed by atoms with Gasteiger partial charge in [-0.2, -0.15) is 0 Å². The predicted octanol–water partition coefficient (Wildman–Crippen LogP) is 5.67. The first-order valence-electron chi connectivity index (χ1n) is 11.8. The van der Waals surface area contributed by atoms with Crippen LogP contribution in [-0.2, 0) is 16.4 Å². The number of sulfonamides is 1. The minimum Gasteiger partial charge on any atom is -0.352 e. The molecule has 0 bridgehead atoms. The largest absolute Gasteiger partial charge is 0.352 e. The Morgan fingerprint density at radius 2 is 1.55 bits per heavy atom. The molecule has 0 aromatic heterocycles. The molecule has 0 atom stereocenters. The van der Waals surface area contributed by atoms with E-state index in [2.05, 4.69) is 15.4 Å². The molecule has 0 aliphatic carbocycles. The average molecular weight is 548 g/mol. The van der Waals surface area contributed by atoms with E-state index in [4.69, 9.17) is 11.6 Å². The van der Waals surface area contributed by atoms with E-state index >= 15 is 0 Å². The van der Waals surface area contributed by atoms with E-state index in [1.54, 1.807) is 42.5 Å². The number of carbonyl (C=O) groups excluding carboxylic acids is 2. The lowest BCUT2D eigenvalue weighted by molar-refractivity contribution is 0.0955. The maximum Gasteiger partial charge on any atom is 0.263 e. The Balaban J connectivity index is 1.49. The van der Waals surface area contributed by atoms with Crippen molar-refractivity contribution in [3.05, 3.63) is 124 Å². The standard InChI is InChI=1S/C29H26ClN3O4S/c1-20-8-7-11-23(18-20)33-38(36,37)27-19-22(14-15-25(27)30)28(34)32-26-13-6-5-12-24(26)29(35)31-17-16-21-9-3-2-4-10-21/h2-15,18-19,33H,16-17H2,1H3,(H,31,35)(H,32,34). The number of nitrogens with one attached hydrogen (secondary N) is 3. The minimum absolute atomic E-state index is 0.0279. The number of aryl methyl sites for hydroxylation is 1. The van der Waals surface area contributed by atoms with Crippen molar-refractivity contribution in [1.29, 1.82) is 0 Å². The van der Waals surface area contributed by atoms with E-state index in [0.29, 0.717) is 24.3 Å². The highest BCUT2D eigenvalue weighted by Crippen LogP contribution is 2.26. The summed E-state index contributed by atoms with van der Waals surface area (Å²) in [6.07, 6.45) is 0.666. The van der Waals surface area contributed by atoms with Gasteiger partial charge in [0.15, 0.2) is 0 Å². The first-order chi connectivity index (χ1) is 18.2. The van der Waals surface area contributed by atoms with Crippen molar-refractivity contribution in [1.82, 2.24) is 5.32 Å². The van der Waals surface area contributed by atoms with Crippen molar-refractivity contribution < 1.29 is 18.0 Å². The number of hydrogen-bond donors (Lipinski definition) is 3. The van der Waals surface area contributed by atoms with Gasteiger partial charge < -0.3 is 10.6 Å². The maximum atomic E-state index is 13.1. The van der Waals surface area contributed by atoms with Gasteiger partial charge in [0.2, 0.25) is 0 Å². The topological polar surface area (TPSA) is 104 Å². The van der Waals surface area contributed by atoms with Gasteiger partial charge in [0.25, 0.3) is 21.8 Å². The van der Waals surface area contributed by atoms with Crippen LogP contribution in [0, 0.1) is 6.92 Å². The number of benzene rings is 4. The molecule has 0 saturated heterocycles. The molecule has 0 unspecified atom stereocenters. The number of rotatable bonds is 9. The van der Waals surface area contributed by atoms with Gasteiger partial charge in [-0.15, -0.1) is 0 Å². The Kier molecular flexibility index (Phi) is 8.45. The van der Waals surface area contributed by atoms with Crippen LogP contribution in [0.1, 0.15) is 31.8 Å². The van der Waals surface area contributed by atoms with E-state index in [0.717, 1.165) is 11.1 Å². The Bertz CT molecular complexity index is 1570.